The number of aromatic hydroxyl groups is 1. The number of rotatable bonds is 4. The van der Waals surface area contributed by atoms with Crippen LogP contribution in [-0.2, 0) is 6.54 Å². The van der Waals surface area contributed by atoms with Crippen LogP contribution in [0.1, 0.15) is 16.2 Å². The van der Waals surface area contributed by atoms with Gasteiger partial charge in [-0.25, -0.2) is 4.98 Å². The van der Waals surface area contributed by atoms with E-state index in [-0.39, 0.29) is 17.5 Å². The van der Waals surface area contributed by atoms with Crippen molar-refractivity contribution in [1.29, 1.82) is 0 Å². The Hall–Kier alpha value is -2.57. The SMILES string of the molecule is COc1cc(CN(C)C(=O)c2ncn[nH]2)ccc1O. The first-order valence-electron chi connectivity index (χ1n) is 5.58. The Morgan fingerprint density at radius 2 is 2.32 bits per heavy atom. The molecule has 0 bridgehead atoms. The lowest BCUT2D eigenvalue weighted by Gasteiger charge is -2.16. The smallest absolute Gasteiger partial charge is 0.291 e. The van der Waals surface area contributed by atoms with Crippen LogP contribution in [0.4, 0.5) is 0 Å². The van der Waals surface area contributed by atoms with Gasteiger partial charge in [0.2, 0.25) is 5.82 Å². The van der Waals surface area contributed by atoms with Crippen molar-refractivity contribution < 1.29 is 14.6 Å². The predicted molar refractivity (Wildman–Crippen MR) is 66.8 cm³/mol. The Bertz CT molecular complexity index is 568. The highest BCUT2D eigenvalue weighted by atomic mass is 16.5. The van der Waals surface area contributed by atoms with Crippen LogP contribution in [-0.4, -0.2) is 45.3 Å². The van der Waals surface area contributed by atoms with Gasteiger partial charge in [-0.05, 0) is 17.7 Å². The summed E-state index contributed by atoms with van der Waals surface area (Å²) in [6.45, 7) is 0.371. The summed E-state index contributed by atoms with van der Waals surface area (Å²) in [7, 11) is 3.13. The summed E-state index contributed by atoms with van der Waals surface area (Å²) in [4.78, 5) is 17.2. The van der Waals surface area contributed by atoms with Crippen LogP contribution in [0, 0.1) is 0 Å². The average Bonchev–Trinajstić information content (AvgIpc) is 2.94. The first kappa shape index (κ1) is 12.9. The van der Waals surface area contributed by atoms with Crippen molar-refractivity contribution in [3.63, 3.8) is 0 Å². The number of ether oxygens (including phenoxy) is 1. The maximum Gasteiger partial charge on any atom is 0.291 e. The maximum absolute atomic E-state index is 11.9. The summed E-state index contributed by atoms with van der Waals surface area (Å²) in [6.07, 6.45) is 1.28. The van der Waals surface area contributed by atoms with Gasteiger partial charge in [0, 0.05) is 13.6 Å². The lowest BCUT2D eigenvalue weighted by Crippen LogP contribution is -2.27. The third-order valence-corrected chi connectivity index (χ3v) is 2.63. The lowest BCUT2D eigenvalue weighted by atomic mass is 10.2. The second-order valence-electron chi connectivity index (χ2n) is 4.00. The van der Waals surface area contributed by atoms with Crippen molar-refractivity contribution in [2.45, 2.75) is 6.54 Å². The zero-order chi connectivity index (χ0) is 13.8. The van der Waals surface area contributed by atoms with E-state index in [2.05, 4.69) is 15.2 Å². The molecule has 19 heavy (non-hydrogen) atoms. The number of hydrogen-bond donors (Lipinski definition) is 2. The van der Waals surface area contributed by atoms with Crippen molar-refractivity contribution in [3.8, 4) is 11.5 Å². The fourth-order valence-electron chi connectivity index (χ4n) is 1.66. The van der Waals surface area contributed by atoms with Crippen LogP contribution < -0.4 is 4.74 Å². The molecule has 0 spiro atoms. The summed E-state index contributed by atoms with van der Waals surface area (Å²) in [5.41, 5.74) is 0.838. The van der Waals surface area contributed by atoms with Crippen LogP contribution in [0.3, 0.4) is 0 Å². The van der Waals surface area contributed by atoms with E-state index in [0.29, 0.717) is 12.3 Å². The molecule has 0 aliphatic rings. The molecule has 0 saturated carbocycles. The lowest BCUT2D eigenvalue weighted by molar-refractivity contribution is 0.0773. The van der Waals surface area contributed by atoms with Crippen LogP contribution in [0.25, 0.3) is 0 Å². The van der Waals surface area contributed by atoms with Crippen molar-refractivity contribution in [2.24, 2.45) is 0 Å². The van der Waals surface area contributed by atoms with E-state index in [1.165, 1.54) is 24.4 Å². The number of phenols is 1. The molecule has 0 aliphatic carbocycles. The van der Waals surface area contributed by atoms with Crippen molar-refractivity contribution >= 4 is 5.91 Å². The molecular formula is C12H14N4O3. The first-order valence-corrected chi connectivity index (χ1v) is 5.58. The van der Waals surface area contributed by atoms with Gasteiger partial charge < -0.3 is 14.7 Å². The van der Waals surface area contributed by atoms with Crippen LogP contribution in [0.15, 0.2) is 24.5 Å². The van der Waals surface area contributed by atoms with Gasteiger partial charge in [-0.2, -0.15) is 5.10 Å². The van der Waals surface area contributed by atoms with Gasteiger partial charge in [-0.3, -0.25) is 9.89 Å². The summed E-state index contributed by atoms with van der Waals surface area (Å²) in [5, 5.41) is 15.7. The molecular weight excluding hydrogens is 248 g/mol. The minimum Gasteiger partial charge on any atom is -0.504 e. The molecule has 100 valence electrons. The van der Waals surface area contributed by atoms with Crippen LogP contribution >= 0.6 is 0 Å². The second-order valence-corrected chi connectivity index (χ2v) is 4.00. The predicted octanol–water partition coefficient (Wildman–Crippen LogP) is 0.791. The van der Waals surface area contributed by atoms with Crippen molar-refractivity contribution in [3.05, 3.63) is 35.9 Å². The molecule has 0 atom stereocenters. The van der Waals surface area contributed by atoms with Gasteiger partial charge in [0.1, 0.15) is 6.33 Å². The zero-order valence-electron chi connectivity index (χ0n) is 10.6. The molecule has 0 aliphatic heterocycles. The molecule has 1 amide bonds. The number of phenolic OH excluding ortho intramolecular Hbond substituents is 1. The topological polar surface area (TPSA) is 91.3 Å². The normalized spacial score (nSPS) is 10.2. The zero-order valence-corrected chi connectivity index (χ0v) is 10.6. The molecule has 0 saturated heterocycles. The molecule has 0 unspecified atom stereocenters. The molecule has 2 rings (SSSR count). The van der Waals surface area contributed by atoms with E-state index in [1.807, 2.05) is 0 Å². The first-order chi connectivity index (χ1) is 9.11. The van der Waals surface area contributed by atoms with Crippen molar-refractivity contribution in [1.82, 2.24) is 20.1 Å². The van der Waals surface area contributed by atoms with Gasteiger partial charge >= 0.3 is 0 Å². The molecule has 1 aromatic carbocycles. The molecule has 2 N–H and O–H groups in total. The Morgan fingerprint density at radius 3 is 2.95 bits per heavy atom. The molecule has 0 fully saturated rings. The third-order valence-electron chi connectivity index (χ3n) is 2.63. The summed E-state index contributed by atoms with van der Waals surface area (Å²) in [6, 6.07) is 4.93. The van der Waals surface area contributed by atoms with E-state index >= 15 is 0 Å². The number of methoxy groups -OCH3 is 1. The summed E-state index contributed by atoms with van der Waals surface area (Å²) in [5.74, 6) is 0.367. The number of nitrogens with zero attached hydrogens (tertiary/aromatic N) is 3. The highest BCUT2D eigenvalue weighted by molar-refractivity contribution is 5.90. The quantitative estimate of drug-likeness (QED) is 0.850. The highest BCUT2D eigenvalue weighted by Gasteiger charge is 2.15. The maximum atomic E-state index is 11.9. The number of carbonyl (C=O) groups is 1. The monoisotopic (exact) mass is 262 g/mol. The summed E-state index contributed by atoms with van der Waals surface area (Å²) >= 11 is 0. The molecule has 7 heteroatoms. The Labute approximate surface area is 109 Å². The van der Waals surface area contributed by atoms with E-state index in [4.69, 9.17) is 4.74 Å². The van der Waals surface area contributed by atoms with Gasteiger partial charge in [0.15, 0.2) is 11.5 Å². The second kappa shape index (κ2) is 5.38. The molecule has 0 radical (unpaired) electrons. The van der Waals surface area contributed by atoms with Gasteiger partial charge in [-0.1, -0.05) is 6.07 Å². The van der Waals surface area contributed by atoms with Gasteiger partial charge in [-0.15, -0.1) is 0 Å². The van der Waals surface area contributed by atoms with Gasteiger partial charge in [0.05, 0.1) is 7.11 Å². The summed E-state index contributed by atoms with van der Waals surface area (Å²) < 4.78 is 5.02. The standard InChI is InChI=1S/C12H14N4O3/c1-16(12(18)11-13-7-14-15-11)6-8-3-4-9(17)10(5-8)19-2/h3-5,7,17H,6H2,1-2H3,(H,13,14,15). The number of H-pyrrole nitrogens is 1. The largest absolute Gasteiger partial charge is 0.504 e. The number of hydrogen-bond acceptors (Lipinski definition) is 5. The van der Waals surface area contributed by atoms with E-state index in [1.54, 1.807) is 19.2 Å². The number of carbonyl (C=O) groups excluding carboxylic acids is 1. The van der Waals surface area contributed by atoms with Crippen LogP contribution in [0.5, 0.6) is 11.5 Å². The minimum absolute atomic E-state index is 0.0652. The third kappa shape index (κ3) is 2.82. The van der Waals surface area contributed by atoms with E-state index in [9.17, 15) is 9.90 Å². The number of aromatic amines is 1. The molecule has 7 nitrogen and oxygen atoms in total. The van der Waals surface area contributed by atoms with Crippen molar-refractivity contribution in [2.75, 3.05) is 14.2 Å². The number of amides is 1. The molecule has 1 heterocycles. The number of aromatic nitrogens is 3. The van der Waals surface area contributed by atoms with E-state index < -0.39 is 0 Å². The fraction of sp³-hybridized carbons (Fsp3) is 0.250. The Kier molecular flexibility index (Phi) is 3.65. The van der Waals surface area contributed by atoms with Gasteiger partial charge in [0.25, 0.3) is 5.91 Å². The fourth-order valence-corrected chi connectivity index (χ4v) is 1.66. The number of benzene rings is 1. The highest BCUT2D eigenvalue weighted by Crippen LogP contribution is 2.26. The average molecular weight is 262 g/mol. The Balaban J connectivity index is 2.10. The minimum atomic E-state index is -0.260. The number of nitrogens with one attached hydrogen (secondary N) is 1. The Morgan fingerprint density at radius 1 is 1.53 bits per heavy atom. The van der Waals surface area contributed by atoms with E-state index in [0.717, 1.165) is 5.56 Å². The molecule has 2 aromatic rings. The van der Waals surface area contributed by atoms with Crippen LogP contribution in [0.2, 0.25) is 0 Å². The molecule has 1 aromatic heterocycles.